The number of nitrogens with one attached hydrogen (secondary N) is 1. The largest absolute Gasteiger partial charge is 0.374 e. The fourth-order valence-corrected chi connectivity index (χ4v) is 4.69. The van der Waals surface area contributed by atoms with E-state index >= 15 is 0 Å². The Hall–Kier alpha value is -0.170. The van der Waals surface area contributed by atoms with Crippen molar-refractivity contribution in [3.8, 4) is 0 Å². The summed E-state index contributed by atoms with van der Waals surface area (Å²) in [7, 11) is -1.02. The molecular weight excluding hydrogens is 252 g/mol. The van der Waals surface area contributed by atoms with Gasteiger partial charge >= 0.3 is 0 Å². The average Bonchev–Trinajstić information content (AvgIpc) is 2.78. The molecule has 2 fully saturated rings. The Morgan fingerprint density at radius 1 is 1.39 bits per heavy atom. The monoisotopic (exact) mass is 276 g/mol. The van der Waals surface area contributed by atoms with Gasteiger partial charge in [0, 0.05) is 31.9 Å². The van der Waals surface area contributed by atoms with Crippen LogP contribution < -0.4 is 5.32 Å². The van der Waals surface area contributed by atoms with Gasteiger partial charge in [-0.3, -0.25) is 4.90 Å². The van der Waals surface area contributed by atoms with Crippen molar-refractivity contribution in [3.05, 3.63) is 0 Å². The third-order valence-corrected chi connectivity index (χ3v) is 5.69. The predicted octanol–water partition coefficient (Wildman–Crippen LogP) is -0.128. The molecule has 1 saturated carbocycles. The Labute approximate surface area is 110 Å². The van der Waals surface area contributed by atoms with Crippen molar-refractivity contribution in [1.82, 2.24) is 10.2 Å². The molecule has 3 unspecified atom stereocenters. The van der Waals surface area contributed by atoms with Crippen LogP contribution in [0.5, 0.6) is 0 Å². The summed E-state index contributed by atoms with van der Waals surface area (Å²) in [6.07, 6.45) is 4.41. The third kappa shape index (κ3) is 3.23. The molecule has 1 aliphatic carbocycles. The molecule has 0 radical (unpaired) electrons. The first-order valence-electron chi connectivity index (χ1n) is 6.71. The summed E-state index contributed by atoms with van der Waals surface area (Å²) in [4.78, 5) is 2.32. The minimum atomic E-state index is -2.93. The van der Waals surface area contributed by atoms with Crippen LogP contribution in [-0.4, -0.2) is 70.3 Å². The summed E-state index contributed by atoms with van der Waals surface area (Å²) in [6.45, 7) is 3.24. The van der Waals surface area contributed by atoms with Gasteiger partial charge in [0.1, 0.15) is 0 Å². The van der Waals surface area contributed by atoms with Gasteiger partial charge in [0.2, 0.25) is 0 Å². The zero-order chi connectivity index (χ0) is 13.2. The standard InChI is InChI=1S/C12H24N2O3S/c1-13-8-10-9-14(6-7-17-10)11-4-3-5-12(11)18(2,15)16/h10-13H,3-9H2,1-2H3. The molecule has 0 aromatic rings. The van der Waals surface area contributed by atoms with Crippen LogP contribution in [0.4, 0.5) is 0 Å². The van der Waals surface area contributed by atoms with Gasteiger partial charge in [0.25, 0.3) is 0 Å². The van der Waals surface area contributed by atoms with Gasteiger partial charge < -0.3 is 10.1 Å². The molecule has 6 heteroatoms. The Morgan fingerprint density at radius 3 is 2.83 bits per heavy atom. The Balaban J connectivity index is 2.01. The molecule has 1 saturated heterocycles. The van der Waals surface area contributed by atoms with E-state index in [1.165, 1.54) is 6.26 Å². The molecule has 5 nitrogen and oxygen atoms in total. The van der Waals surface area contributed by atoms with Crippen molar-refractivity contribution >= 4 is 9.84 Å². The molecule has 0 amide bonds. The summed E-state index contributed by atoms with van der Waals surface area (Å²) in [6, 6.07) is 0.197. The van der Waals surface area contributed by atoms with Gasteiger partial charge in [-0.25, -0.2) is 8.42 Å². The molecule has 3 atom stereocenters. The zero-order valence-electron chi connectivity index (χ0n) is 11.3. The molecule has 2 rings (SSSR count). The fourth-order valence-electron chi connectivity index (χ4n) is 3.22. The summed E-state index contributed by atoms with van der Waals surface area (Å²) in [5, 5.41) is 2.94. The quantitative estimate of drug-likeness (QED) is 0.775. The van der Waals surface area contributed by atoms with Crippen molar-refractivity contribution in [2.24, 2.45) is 0 Å². The number of hydrogen-bond donors (Lipinski definition) is 1. The summed E-state index contributed by atoms with van der Waals surface area (Å²) >= 11 is 0. The maximum absolute atomic E-state index is 11.8. The van der Waals surface area contributed by atoms with Crippen molar-refractivity contribution < 1.29 is 13.2 Å². The van der Waals surface area contributed by atoms with Gasteiger partial charge in [-0.2, -0.15) is 0 Å². The van der Waals surface area contributed by atoms with E-state index in [1.54, 1.807) is 0 Å². The molecule has 106 valence electrons. The number of morpholine rings is 1. The van der Waals surface area contributed by atoms with Crippen molar-refractivity contribution in [2.45, 2.75) is 36.7 Å². The maximum Gasteiger partial charge on any atom is 0.151 e. The first kappa shape index (κ1) is 14.2. The van der Waals surface area contributed by atoms with Crippen LogP contribution in [0.15, 0.2) is 0 Å². The summed E-state index contributed by atoms with van der Waals surface area (Å²) in [5.74, 6) is 0. The van der Waals surface area contributed by atoms with Crippen LogP contribution >= 0.6 is 0 Å². The van der Waals surface area contributed by atoms with E-state index in [2.05, 4.69) is 10.2 Å². The Morgan fingerprint density at radius 2 is 2.17 bits per heavy atom. The minimum absolute atomic E-state index is 0.175. The molecule has 1 N–H and O–H groups in total. The molecule has 1 heterocycles. The summed E-state index contributed by atoms with van der Waals surface area (Å²) in [5.41, 5.74) is 0. The minimum Gasteiger partial charge on any atom is -0.374 e. The Bertz CT molecular complexity index is 370. The van der Waals surface area contributed by atoms with E-state index in [-0.39, 0.29) is 17.4 Å². The molecular formula is C12H24N2O3S. The van der Waals surface area contributed by atoms with Crippen molar-refractivity contribution in [1.29, 1.82) is 0 Å². The highest BCUT2D eigenvalue weighted by atomic mass is 32.2. The van der Waals surface area contributed by atoms with Gasteiger partial charge in [-0.05, 0) is 19.9 Å². The van der Waals surface area contributed by atoms with Gasteiger partial charge in [0.05, 0.1) is 18.0 Å². The highest BCUT2D eigenvalue weighted by Crippen LogP contribution is 2.30. The molecule has 0 aromatic carbocycles. The lowest BCUT2D eigenvalue weighted by atomic mass is 10.1. The fraction of sp³-hybridized carbons (Fsp3) is 1.00. The maximum atomic E-state index is 11.8. The van der Waals surface area contributed by atoms with Crippen LogP contribution in [0.2, 0.25) is 0 Å². The molecule has 0 spiro atoms. The second kappa shape index (κ2) is 5.86. The zero-order valence-corrected chi connectivity index (χ0v) is 12.1. The van der Waals surface area contributed by atoms with E-state index in [0.717, 1.165) is 38.9 Å². The molecule has 2 aliphatic rings. The van der Waals surface area contributed by atoms with Gasteiger partial charge in [0.15, 0.2) is 9.84 Å². The lowest BCUT2D eigenvalue weighted by molar-refractivity contribution is -0.0398. The lowest BCUT2D eigenvalue weighted by Gasteiger charge is -2.38. The topological polar surface area (TPSA) is 58.6 Å². The number of rotatable bonds is 4. The summed E-state index contributed by atoms with van der Waals surface area (Å²) < 4.78 is 29.3. The van der Waals surface area contributed by atoms with Crippen molar-refractivity contribution in [3.63, 3.8) is 0 Å². The first-order valence-corrected chi connectivity index (χ1v) is 8.67. The van der Waals surface area contributed by atoms with Gasteiger partial charge in [-0.15, -0.1) is 0 Å². The number of ether oxygens (including phenoxy) is 1. The molecule has 1 aliphatic heterocycles. The lowest BCUT2D eigenvalue weighted by Crippen LogP contribution is -2.53. The number of likely N-dealkylation sites (N-methyl/N-ethyl adjacent to an activating group) is 1. The van der Waals surface area contributed by atoms with E-state index in [9.17, 15) is 8.42 Å². The van der Waals surface area contributed by atoms with Crippen LogP contribution in [0, 0.1) is 0 Å². The first-order chi connectivity index (χ1) is 8.52. The third-order valence-electron chi connectivity index (χ3n) is 4.04. The van der Waals surface area contributed by atoms with Crippen LogP contribution in [0.25, 0.3) is 0 Å². The number of nitrogens with zero attached hydrogens (tertiary/aromatic N) is 1. The highest BCUT2D eigenvalue weighted by molar-refractivity contribution is 7.91. The molecule has 0 bridgehead atoms. The van der Waals surface area contributed by atoms with E-state index in [4.69, 9.17) is 4.74 Å². The van der Waals surface area contributed by atoms with E-state index in [0.29, 0.717) is 6.61 Å². The average molecular weight is 276 g/mol. The van der Waals surface area contributed by atoms with E-state index in [1.807, 2.05) is 7.05 Å². The molecule has 0 aromatic heterocycles. The van der Waals surface area contributed by atoms with Crippen molar-refractivity contribution in [2.75, 3.05) is 39.5 Å². The van der Waals surface area contributed by atoms with E-state index < -0.39 is 9.84 Å². The smallest absolute Gasteiger partial charge is 0.151 e. The predicted molar refractivity (Wildman–Crippen MR) is 71.5 cm³/mol. The molecule has 18 heavy (non-hydrogen) atoms. The Kier molecular flexibility index (Phi) is 4.64. The SMILES string of the molecule is CNCC1CN(C2CCCC2S(C)(=O)=O)CCO1. The van der Waals surface area contributed by atoms with Gasteiger partial charge in [-0.1, -0.05) is 6.42 Å². The normalized spacial score (nSPS) is 34.9. The van der Waals surface area contributed by atoms with Crippen LogP contribution in [-0.2, 0) is 14.6 Å². The number of sulfone groups is 1. The second-order valence-corrected chi connectivity index (χ2v) is 7.68. The highest BCUT2D eigenvalue weighted by Gasteiger charge is 2.39. The van der Waals surface area contributed by atoms with Crippen LogP contribution in [0.3, 0.4) is 0 Å². The van der Waals surface area contributed by atoms with Crippen LogP contribution in [0.1, 0.15) is 19.3 Å². The second-order valence-electron chi connectivity index (χ2n) is 5.41. The number of hydrogen-bond acceptors (Lipinski definition) is 5.